The van der Waals surface area contributed by atoms with Crippen molar-refractivity contribution in [2.75, 3.05) is 19.6 Å². The largest absolute Gasteiger partial charge is 0.480 e. The molecule has 0 radical (unpaired) electrons. The topological polar surface area (TPSA) is 196 Å². The van der Waals surface area contributed by atoms with Gasteiger partial charge in [0.15, 0.2) is 0 Å². The fourth-order valence-corrected chi connectivity index (χ4v) is 3.98. The second-order valence-corrected chi connectivity index (χ2v) is 8.07. The Labute approximate surface area is 146 Å². The van der Waals surface area contributed by atoms with Crippen LogP contribution in [0.3, 0.4) is 0 Å². The van der Waals surface area contributed by atoms with Crippen LogP contribution in [0.25, 0.3) is 0 Å². The molecule has 1 aliphatic rings. The Morgan fingerprint density at radius 2 is 2.04 bits per heavy atom. The highest BCUT2D eigenvalue weighted by molar-refractivity contribution is 7.87. The van der Waals surface area contributed by atoms with E-state index in [0.29, 0.717) is 0 Å². The van der Waals surface area contributed by atoms with Crippen molar-refractivity contribution < 1.29 is 33.2 Å². The first kappa shape index (κ1) is 22.0. The molecule has 0 aromatic rings. The molecule has 0 amide bonds. The summed E-state index contributed by atoms with van der Waals surface area (Å²) in [4.78, 5) is 22.6. The molecule has 1 heterocycles. The Balaban J connectivity index is 2.81. The van der Waals surface area contributed by atoms with Crippen LogP contribution in [0.1, 0.15) is 19.8 Å². The minimum Gasteiger partial charge on any atom is -0.480 e. The number of aliphatic carboxylic acids is 1. The van der Waals surface area contributed by atoms with Gasteiger partial charge in [-0.3, -0.25) is 9.59 Å². The summed E-state index contributed by atoms with van der Waals surface area (Å²) in [7, 11) is -5.58. The van der Waals surface area contributed by atoms with Gasteiger partial charge in [-0.1, -0.05) is 6.42 Å². The SMILES string of the molecule is CC(=O)[C@@H](N)CNS(=O)(=O)N1C[C@H](CCCB(O)O)[C@](N)(C(=O)O)C1. The van der Waals surface area contributed by atoms with Crippen LogP contribution in [0.4, 0.5) is 0 Å². The third-order valence-electron chi connectivity index (χ3n) is 4.35. The molecule has 0 aliphatic carbocycles. The van der Waals surface area contributed by atoms with E-state index in [1.165, 1.54) is 6.92 Å². The Hall–Kier alpha value is -1.09. The van der Waals surface area contributed by atoms with Gasteiger partial charge in [0.05, 0.1) is 6.04 Å². The standard InChI is InChI=1S/C12H25BN4O7S/c1-8(18)10(14)5-16-25(23,24)17-6-9(3-2-4-13(21)22)12(15,7-17)11(19)20/h9-10,16,21-22H,2-7,14-15H2,1H3,(H,19,20)/t9-,10-,12-/m0/s1. The van der Waals surface area contributed by atoms with Crippen molar-refractivity contribution in [3.63, 3.8) is 0 Å². The minimum atomic E-state index is -4.06. The maximum absolute atomic E-state index is 12.3. The first-order valence-electron chi connectivity index (χ1n) is 7.79. The highest BCUT2D eigenvalue weighted by atomic mass is 32.2. The van der Waals surface area contributed by atoms with E-state index in [4.69, 9.17) is 21.5 Å². The molecule has 3 atom stereocenters. The Morgan fingerprint density at radius 3 is 2.52 bits per heavy atom. The van der Waals surface area contributed by atoms with Gasteiger partial charge in [0.2, 0.25) is 0 Å². The number of carbonyl (C=O) groups excluding carboxylic acids is 1. The normalized spacial score (nSPS) is 25.7. The Bertz CT molecular complexity index is 602. The molecule has 11 nitrogen and oxygen atoms in total. The van der Waals surface area contributed by atoms with Crippen molar-refractivity contribution in [1.29, 1.82) is 0 Å². The van der Waals surface area contributed by atoms with Crippen molar-refractivity contribution >= 4 is 29.1 Å². The lowest BCUT2D eigenvalue weighted by Crippen LogP contribution is -2.55. The molecule has 0 aromatic heterocycles. The molecule has 25 heavy (non-hydrogen) atoms. The molecule has 1 fully saturated rings. The number of nitrogens with zero attached hydrogens (tertiary/aromatic N) is 1. The van der Waals surface area contributed by atoms with E-state index in [0.717, 1.165) is 4.31 Å². The number of ketones is 1. The second kappa shape index (κ2) is 8.53. The number of Topliss-reactive ketones (excluding diaryl/α,β-unsaturated/α-hetero) is 1. The summed E-state index contributed by atoms with van der Waals surface area (Å²) in [5.74, 6) is -2.41. The van der Waals surface area contributed by atoms with Gasteiger partial charge >= 0.3 is 13.1 Å². The Morgan fingerprint density at radius 1 is 1.44 bits per heavy atom. The van der Waals surface area contributed by atoms with E-state index >= 15 is 0 Å². The van der Waals surface area contributed by atoms with E-state index in [1.54, 1.807) is 0 Å². The van der Waals surface area contributed by atoms with Gasteiger partial charge < -0.3 is 26.6 Å². The summed E-state index contributed by atoms with van der Waals surface area (Å²) in [5.41, 5.74) is 9.62. The van der Waals surface area contributed by atoms with Crippen molar-refractivity contribution in [2.45, 2.75) is 37.7 Å². The summed E-state index contributed by atoms with van der Waals surface area (Å²) < 4.78 is 27.7. The molecule has 0 bridgehead atoms. The average Bonchev–Trinajstić information content (AvgIpc) is 2.84. The number of carboxylic acids is 1. The molecule has 0 unspecified atom stereocenters. The highest BCUT2D eigenvalue weighted by Gasteiger charge is 2.52. The van der Waals surface area contributed by atoms with Crippen molar-refractivity contribution in [3.05, 3.63) is 0 Å². The van der Waals surface area contributed by atoms with Crippen molar-refractivity contribution in [3.8, 4) is 0 Å². The lowest BCUT2D eigenvalue weighted by atomic mass is 9.78. The third kappa shape index (κ3) is 5.71. The molecule has 1 aliphatic heterocycles. The van der Waals surface area contributed by atoms with Gasteiger partial charge in [-0.25, -0.2) is 4.72 Å². The van der Waals surface area contributed by atoms with Crippen LogP contribution >= 0.6 is 0 Å². The second-order valence-electron chi connectivity index (χ2n) is 6.32. The van der Waals surface area contributed by atoms with Gasteiger partial charge in [-0.05, 0) is 19.7 Å². The van der Waals surface area contributed by atoms with Crippen molar-refractivity contribution in [1.82, 2.24) is 9.03 Å². The van der Waals surface area contributed by atoms with Gasteiger partial charge in [0, 0.05) is 25.6 Å². The number of nitrogens with one attached hydrogen (secondary N) is 1. The van der Waals surface area contributed by atoms with Crippen LogP contribution in [-0.2, 0) is 19.8 Å². The van der Waals surface area contributed by atoms with E-state index in [-0.39, 0.29) is 38.0 Å². The average molecular weight is 380 g/mol. The predicted octanol–water partition coefficient (Wildman–Crippen LogP) is -3.30. The summed E-state index contributed by atoms with van der Waals surface area (Å²) in [6.07, 6.45) is 0.537. The van der Waals surface area contributed by atoms with Gasteiger partial charge in [-0.15, -0.1) is 0 Å². The molecule has 0 spiro atoms. The van der Waals surface area contributed by atoms with Crippen LogP contribution < -0.4 is 16.2 Å². The number of rotatable bonds is 10. The lowest BCUT2D eigenvalue weighted by Gasteiger charge is -2.25. The molecular weight excluding hydrogens is 355 g/mol. The molecule has 0 saturated carbocycles. The van der Waals surface area contributed by atoms with E-state index in [9.17, 15) is 23.1 Å². The quantitative estimate of drug-likeness (QED) is 0.210. The molecule has 144 valence electrons. The van der Waals surface area contributed by atoms with E-state index in [2.05, 4.69) is 4.72 Å². The molecule has 8 N–H and O–H groups in total. The molecule has 0 aromatic carbocycles. The van der Waals surface area contributed by atoms with Crippen LogP contribution in [0.15, 0.2) is 0 Å². The van der Waals surface area contributed by atoms with Crippen molar-refractivity contribution in [2.24, 2.45) is 17.4 Å². The van der Waals surface area contributed by atoms with Crippen LogP contribution in [0.2, 0.25) is 6.32 Å². The monoisotopic (exact) mass is 380 g/mol. The molecule has 1 rings (SSSR count). The number of carbonyl (C=O) groups is 2. The zero-order chi connectivity index (χ0) is 19.4. The minimum absolute atomic E-state index is 0.0324. The fraction of sp³-hybridized carbons (Fsp3) is 0.833. The lowest BCUT2D eigenvalue weighted by molar-refractivity contribution is -0.144. The maximum Gasteiger partial charge on any atom is 0.451 e. The number of nitrogens with two attached hydrogens (primary N) is 2. The smallest absolute Gasteiger partial charge is 0.451 e. The van der Waals surface area contributed by atoms with Gasteiger partial charge in [0.1, 0.15) is 11.3 Å². The predicted molar refractivity (Wildman–Crippen MR) is 89.4 cm³/mol. The summed E-state index contributed by atoms with van der Waals surface area (Å²) in [5, 5.41) is 27.1. The zero-order valence-electron chi connectivity index (χ0n) is 14.0. The zero-order valence-corrected chi connectivity index (χ0v) is 14.8. The first-order valence-corrected chi connectivity index (χ1v) is 9.23. The van der Waals surface area contributed by atoms with E-state index < -0.39 is 47.3 Å². The maximum atomic E-state index is 12.3. The number of hydrogen-bond acceptors (Lipinski definition) is 8. The fourth-order valence-electron chi connectivity index (χ4n) is 2.65. The van der Waals surface area contributed by atoms with E-state index in [1.807, 2.05) is 0 Å². The van der Waals surface area contributed by atoms with Crippen LogP contribution in [0, 0.1) is 5.92 Å². The molecule has 13 heteroatoms. The first-order chi connectivity index (χ1) is 11.4. The van der Waals surface area contributed by atoms with Gasteiger partial charge in [0.25, 0.3) is 10.2 Å². The number of carboxylic acid groups (broad SMARTS) is 1. The Kier molecular flexibility index (Phi) is 7.49. The third-order valence-corrected chi connectivity index (χ3v) is 5.84. The summed E-state index contributed by atoms with van der Waals surface area (Å²) in [6, 6.07) is -0.999. The van der Waals surface area contributed by atoms with Crippen LogP contribution in [0.5, 0.6) is 0 Å². The molecule has 1 saturated heterocycles. The van der Waals surface area contributed by atoms with Crippen LogP contribution in [-0.4, -0.2) is 78.0 Å². The van der Waals surface area contributed by atoms with Gasteiger partial charge in [-0.2, -0.15) is 12.7 Å². The summed E-state index contributed by atoms with van der Waals surface area (Å²) in [6.45, 7) is 0.365. The number of hydrogen-bond donors (Lipinski definition) is 6. The molecular formula is C12H25BN4O7S. The summed E-state index contributed by atoms with van der Waals surface area (Å²) >= 11 is 0. The highest BCUT2D eigenvalue weighted by Crippen LogP contribution is 2.31.